The molecule has 0 spiro atoms. The van der Waals surface area contributed by atoms with E-state index in [1.807, 2.05) is 24.3 Å². The smallest absolute Gasteiger partial charge is 0.191 e. The highest BCUT2D eigenvalue weighted by atomic mass is 79.9. The molecule has 2 rings (SSSR count). The van der Waals surface area contributed by atoms with E-state index in [0.717, 1.165) is 68.5 Å². The molecule has 1 heterocycles. The van der Waals surface area contributed by atoms with Crippen LogP contribution in [0.2, 0.25) is 0 Å². The van der Waals surface area contributed by atoms with Gasteiger partial charge in [-0.15, -0.1) is 0 Å². The van der Waals surface area contributed by atoms with Gasteiger partial charge in [-0.1, -0.05) is 22.0 Å². The van der Waals surface area contributed by atoms with Crippen molar-refractivity contribution in [3.05, 3.63) is 28.7 Å². The summed E-state index contributed by atoms with van der Waals surface area (Å²) in [6.45, 7) is 8.15. The first-order valence-electron chi connectivity index (χ1n) is 9.34. The first-order chi connectivity index (χ1) is 12.8. The van der Waals surface area contributed by atoms with Gasteiger partial charge < -0.3 is 24.8 Å². The fourth-order valence-electron chi connectivity index (χ4n) is 2.56. The number of halogens is 1. The maximum Gasteiger partial charge on any atom is 0.191 e. The Labute approximate surface area is 164 Å². The number of nitrogens with one attached hydrogen (secondary N) is 2. The Bertz CT molecular complexity index is 537. The van der Waals surface area contributed by atoms with Crippen LogP contribution in [0.25, 0.3) is 0 Å². The number of hydrogen-bond acceptors (Lipinski definition) is 4. The molecule has 0 bridgehead atoms. The van der Waals surface area contributed by atoms with Crippen LogP contribution in [-0.4, -0.2) is 58.6 Å². The molecule has 1 aliphatic rings. The van der Waals surface area contributed by atoms with Crippen molar-refractivity contribution in [2.24, 2.45) is 10.9 Å². The van der Waals surface area contributed by atoms with Gasteiger partial charge in [-0.25, -0.2) is 0 Å². The van der Waals surface area contributed by atoms with E-state index in [1.54, 1.807) is 0 Å². The van der Waals surface area contributed by atoms with Crippen molar-refractivity contribution in [3.8, 4) is 5.75 Å². The highest BCUT2D eigenvalue weighted by Gasteiger charge is 2.15. The number of aliphatic imine (C=N–C) groups is 1. The lowest BCUT2D eigenvalue weighted by Gasteiger charge is -2.12. The van der Waals surface area contributed by atoms with E-state index in [-0.39, 0.29) is 0 Å². The minimum atomic E-state index is 0.572. The lowest BCUT2D eigenvalue weighted by molar-refractivity contribution is 0.0893. The third-order valence-corrected chi connectivity index (χ3v) is 4.39. The van der Waals surface area contributed by atoms with Crippen LogP contribution in [0.4, 0.5) is 0 Å². The highest BCUT2D eigenvalue weighted by Crippen LogP contribution is 2.17. The molecule has 1 fully saturated rings. The van der Waals surface area contributed by atoms with Gasteiger partial charge in [0.2, 0.25) is 0 Å². The number of ether oxygens (including phenoxy) is 3. The van der Waals surface area contributed by atoms with Gasteiger partial charge in [-0.05, 0) is 38.0 Å². The Morgan fingerprint density at radius 1 is 1.35 bits per heavy atom. The van der Waals surface area contributed by atoms with Crippen molar-refractivity contribution in [3.63, 3.8) is 0 Å². The maximum absolute atomic E-state index is 5.72. The number of hydrogen-bond donors (Lipinski definition) is 2. The first-order valence-corrected chi connectivity index (χ1v) is 10.1. The number of nitrogens with zero attached hydrogens (tertiary/aromatic N) is 1. The summed E-state index contributed by atoms with van der Waals surface area (Å²) in [7, 11) is 0. The molecule has 26 heavy (non-hydrogen) atoms. The quantitative estimate of drug-likeness (QED) is 0.323. The van der Waals surface area contributed by atoms with E-state index in [0.29, 0.717) is 19.1 Å². The molecule has 146 valence electrons. The summed E-state index contributed by atoms with van der Waals surface area (Å²) in [5, 5.41) is 6.53. The molecule has 1 unspecified atom stereocenters. The molecular weight excluding hydrogens is 398 g/mol. The summed E-state index contributed by atoms with van der Waals surface area (Å²) in [5.41, 5.74) is 0. The molecule has 2 N–H and O–H groups in total. The average Bonchev–Trinajstić information content (AvgIpc) is 3.15. The molecule has 6 nitrogen and oxygen atoms in total. The van der Waals surface area contributed by atoms with E-state index in [2.05, 4.69) is 38.5 Å². The monoisotopic (exact) mass is 427 g/mol. The zero-order valence-corrected chi connectivity index (χ0v) is 17.1. The topological polar surface area (TPSA) is 64.1 Å². The fourth-order valence-corrected chi connectivity index (χ4v) is 2.94. The van der Waals surface area contributed by atoms with Crippen molar-refractivity contribution in [2.45, 2.75) is 19.8 Å². The molecule has 1 aromatic rings. The minimum absolute atomic E-state index is 0.572. The van der Waals surface area contributed by atoms with E-state index in [9.17, 15) is 0 Å². The second kappa shape index (κ2) is 12.9. The molecule has 0 aromatic heterocycles. The molecule has 1 atom stereocenters. The molecule has 1 saturated heterocycles. The van der Waals surface area contributed by atoms with Gasteiger partial charge in [0.15, 0.2) is 5.96 Å². The van der Waals surface area contributed by atoms with Gasteiger partial charge in [-0.2, -0.15) is 0 Å². The van der Waals surface area contributed by atoms with E-state index < -0.39 is 0 Å². The molecule has 1 aliphatic heterocycles. The van der Waals surface area contributed by atoms with Gasteiger partial charge in [0.1, 0.15) is 12.4 Å². The zero-order valence-electron chi connectivity index (χ0n) is 15.5. The standard InChI is InChI=1S/C19H30BrN3O3/c1-2-21-19(22-8-4-10-24-14-16-7-11-25-15-16)23-9-12-26-18-6-3-5-17(20)13-18/h3,5-6,13,16H,2,4,7-12,14-15H2,1H3,(H2,21,22,23). The van der Waals surface area contributed by atoms with Crippen molar-refractivity contribution in [1.29, 1.82) is 0 Å². The van der Waals surface area contributed by atoms with E-state index in [1.165, 1.54) is 0 Å². The van der Waals surface area contributed by atoms with Crippen LogP contribution in [-0.2, 0) is 9.47 Å². The van der Waals surface area contributed by atoms with Gasteiger partial charge in [0, 0.05) is 36.7 Å². The SMILES string of the molecule is CCNC(=NCCCOCC1CCOC1)NCCOc1cccc(Br)c1. The van der Waals surface area contributed by atoms with Crippen LogP contribution < -0.4 is 15.4 Å². The summed E-state index contributed by atoms with van der Waals surface area (Å²) in [6, 6.07) is 7.84. The predicted molar refractivity (Wildman–Crippen MR) is 108 cm³/mol. The second-order valence-corrected chi connectivity index (χ2v) is 7.07. The van der Waals surface area contributed by atoms with E-state index >= 15 is 0 Å². The fraction of sp³-hybridized carbons (Fsp3) is 0.632. The zero-order chi connectivity index (χ0) is 18.5. The predicted octanol–water partition coefficient (Wildman–Crippen LogP) is 2.83. The normalized spacial score (nSPS) is 17.3. The maximum atomic E-state index is 5.72. The van der Waals surface area contributed by atoms with Crippen molar-refractivity contribution >= 4 is 21.9 Å². The molecule has 0 amide bonds. The van der Waals surface area contributed by atoms with Crippen LogP contribution >= 0.6 is 15.9 Å². The Hall–Kier alpha value is -1.31. The molecule has 7 heteroatoms. The summed E-state index contributed by atoms with van der Waals surface area (Å²) in [4.78, 5) is 4.57. The van der Waals surface area contributed by atoms with E-state index in [4.69, 9.17) is 14.2 Å². The van der Waals surface area contributed by atoms with Gasteiger partial charge in [0.05, 0.1) is 19.8 Å². The summed E-state index contributed by atoms with van der Waals surface area (Å²) < 4.78 is 17.8. The third-order valence-electron chi connectivity index (χ3n) is 3.90. The average molecular weight is 428 g/mol. The van der Waals surface area contributed by atoms with Crippen LogP contribution in [0, 0.1) is 5.92 Å². The molecular formula is C19H30BrN3O3. The molecule has 1 aromatic carbocycles. The van der Waals surface area contributed by atoms with Crippen LogP contribution in [0.15, 0.2) is 33.7 Å². The molecule has 0 saturated carbocycles. The highest BCUT2D eigenvalue weighted by molar-refractivity contribution is 9.10. The summed E-state index contributed by atoms with van der Waals surface area (Å²) >= 11 is 3.44. The number of benzene rings is 1. The third kappa shape index (κ3) is 8.87. The van der Waals surface area contributed by atoms with Crippen molar-refractivity contribution in [2.75, 3.05) is 52.7 Å². The second-order valence-electron chi connectivity index (χ2n) is 6.15. The Kier molecular flexibility index (Phi) is 10.5. The number of rotatable bonds is 11. The first kappa shape index (κ1) is 21.0. The van der Waals surface area contributed by atoms with Crippen molar-refractivity contribution < 1.29 is 14.2 Å². The van der Waals surface area contributed by atoms with Crippen molar-refractivity contribution in [1.82, 2.24) is 10.6 Å². The summed E-state index contributed by atoms with van der Waals surface area (Å²) in [5.74, 6) is 2.24. The Morgan fingerprint density at radius 3 is 3.04 bits per heavy atom. The lowest BCUT2D eigenvalue weighted by atomic mass is 10.1. The van der Waals surface area contributed by atoms with Crippen LogP contribution in [0.1, 0.15) is 19.8 Å². The van der Waals surface area contributed by atoms with Gasteiger partial charge >= 0.3 is 0 Å². The minimum Gasteiger partial charge on any atom is -0.492 e. The largest absolute Gasteiger partial charge is 0.492 e. The molecule has 0 aliphatic carbocycles. The van der Waals surface area contributed by atoms with Gasteiger partial charge in [-0.3, -0.25) is 4.99 Å². The summed E-state index contributed by atoms with van der Waals surface area (Å²) in [6.07, 6.45) is 2.04. The Morgan fingerprint density at radius 2 is 2.27 bits per heavy atom. The lowest BCUT2D eigenvalue weighted by Crippen LogP contribution is -2.39. The molecule has 0 radical (unpaired) electrons. The van der Waals surface area contributed by atoms with Crippen LogP contribution in [0.3, 0.4) is 0 Å². The number of guanidine groups is 1. The van der Waals surface area contributed by atoms with Crippen LogP contribution in [0.5, 0.6) is 5.75 Å². The van der Waals surface area contributed by atoms with Gasteiger partial charge in [0.25, 0.3) is 0 Å². The Balaban J connectivity index is 1.56.